The van der Waals surface area contributed by atoms with Crippen molar-refractivity contribution in [2.45, 2.75) is 34.2 Å². The molecule has 0 bridgehead atoms. The Hall–Kier alpha value is -1.83. The number of rotatable bonds is 5. The summed E-state index contributed by atoms with van der Waals surface area (Å²) in [5.74, 6) is 0.0986. The first-order valence-corrected chi connectivity index (χ1v) is 6.11. The Balaban J connectivity index is 2.98. The number of Topliss-reactive ketones (excluding diaryl/α,β-unsaturated/α-hetero) is 1. The molecule has 0 aliphatic heterocycles. The van der Waals surface area contributed by atoms with Crippen LogP contribution in [0.3, 0.4) is 0 Å². The molecule has 1 aromatic rings. The average Bonchev–Trinajstić information content (AvgIpc) is 2.35. The molecule has 0 N–H and O–H groups in total. The second-order valence-corrected chi connectivity index (χ2v) is 4.51. The third-order valence-corrected chi connectivity index (χ3v) is 2.98. The Labute approximate surface area is 110 Å². The summed E-state index contributed by atoms with van der Waals surface area (Å²) in [6.45, 7) is 12.4. The first-order valence-electron chi connectivity index (χ1n) is 6.11. The van der Waals surface area contributed by atoms with Gasteiger partial charge in [0.1, 0.15) is 0 Å². The highest BCUT2D eigenvalue weighted by Crippen LogP contribution is 2.17. The summed E-state index contributed by atoms with van der Waals surface area (Å²) in [4.78, 5) is 13.5. The molecular formula is C16H21NO. The molecule has 0 saturated heterocycles. The number of carbonyl (C=O) groups is 1. The van der Waals surface area contributed by atoms with Gasteiger partial charge in [0, 0.05) is 23.5 Å². The van der Waals surface area contributed by atoms with Crippen LogP contribution in [0.15, 0.2) is 48.3 Å². The third-order valence-electron chi connectivity index (χ3n) is 2.98. The van der Waals surface area contributed by atoms with E-state index in [0.717, 1.165) is 29.1 Å². The fourth-order valence-electron chi connectivity index (χ4n) is 1.79. The lowest BCUT2D eigenvalue weighted by molar-refractivity contribution is 0.101. The largest absolute Gasteiger partial charge is 0.346 e. The number of carbonyl (C=O) groups excluding carboxylic acids is 1. The number of hydrogen-bond acceptors (Lipinski definition) is 2. The van der Waals surface area contributed by atoms with E-state index in [4.69, 9.17) is 0 Å². The molecule has 0 fully saturated rings. The van der Waals surface area contributed by atoms with E-state index in [0.29, 0.717) is 0 Å². The molecule has 0 aliphatic carbocycles. The Morgan fingerprint density at radius 1 is 1.33 bits per heavy atom. The third kappa shape index (κ3) is 3.59. The van der Waals surface area contributed by atoms with Gasteiger partial charge in [-0.05, 0) is 39.3 Å². The van der Waals surface area contributed by atoms with E-state index in [1.165, 1.54) is 0 Å². The van der Waals surface area contributed by atoms with Crippen LogP contribution in [0.5, 0.6) is 0 Å². The van der Waals surface area contributed by atoms with E-state index in [1.54, 1.807) is 6.92 Å². The molecule has 96 valence electrons. The van der Waals surface area contributed by atoms with E-state index in [2.05, 4.69) is 24.5 Å². The molecule has 0 heterocycles. The van der Waals surface area contributed by atoms with Crippen molar-refractivity contribution in [3.05, 3.63) is 59.4 Å². The summed E-state index contributed by atoms with van der Waals surface area (Å²) in [5, 5.41) is 0. The van der Waals surface area contributed by atoms with Crippen LogP contribution in [0.4, 0.5) is 0 Å². The second kappa shape index (κ2) is 6.20. The van der Waals surface area contributed by atoms with Crippen LogP contribution in [0.1, 0.15) is 43.6 Å². The minimum Gasteiger partial charge on any atom is -0.346 e. The summed E-state index contributed by atoms with van der Waals surface area (Å²) in [7, 11) is 0. The highest BCUT2D eigenvalue weighted by molar-refractivity contribution is 5.94. The molecule has 2 nitrogen and oxygen atoms in total. The van der Waals surface area contributed by atoms with Gasteiger partial charge in [-0.1, -0.05) is 30.9 Å². The lowest BCUT2D eigenvalue weighted by atomic mass is 10.1. The van der Waals surface area contributed by atoms with Crippen LogP contribution >= 0.6 is 0 Å². The minimum atomic E-state index is 0.0986. The highest BCUT2D eigenvalue weighted by atomic mass is 16.1. The van der Waals surface area contributed by atoms with Gasteiger partial charge in [0.2, 0.25) is 0 Å². The smallest absolute Gasteiger partial charge is 0.159 e. The molecule has 18 heavy (non-hydrogen) atoms. The number of benzene rings is 1. The zero-order chi connectivity index (χ0) is 13.7. The summed E-state index contributed by atoms with van der Waals surface area (Å²) in [6, 6.07) is 7.75. The first-order chi connectivity index (χ1) is 8.45. The Morgan fingerprint density at radius 3 is 2.50 bits per heavy atom. The van der Waals surface area contributed by atoms with Gasteiger partial charge in [-0.15, -0.1) is 0 Å². The molecule has 1 rings (SSSR count). The van der Waals surface area contributed by atoms with E-state index < -0.39 is 0 Å². The van der Waals surface area contributed by atoms with Crippen molar-refractivity contribution in [3.63, 3.8) is 0 Å². The van der Waals surface area contributed by atoms with Crippen molar-refractivity contribution in [1.29, 1.82) is 0 Å². The van der Waals surface area contributed by atoms with Crippen molar-refractivity contribution in [3.8, 4) is 0 Å². The Bertz CT molecular complexity index is 486. The van der Waals surface area contributed by atoms with Crippen molar-refractivity contribution in [2.24, 2.45) is 0 Å². The average molecular weight is 243 g/mol. The van der Waals surface area contributed by atoms with E-state index in [1.807, 2.05) is 38.1 Å². The molecule has 1 aromatic carbocycles. The monoisotopic (exact) mass is 243 g/mol. The zero-order valence-electron chi connectivity index (χ0n) is 11.7. The topological polar surface area (TPSA) is 20.3 Å². The fourth-order valence-corrected chi connectivity index (χ4v) is 1.79. The van der Waals surface area contributed by atoms with Gasteiger partial charge in [0.25, 0.3) is 0 Å². The van der Waals surface area contributed by atoms with E-state index in [9.17, 15) is 4.79 Å². The van der Waals surface area contributed by atoms with Gasteiger partial charge in [0.15, 0.2) is 5.78 Å². The molecule has 0 amide bonds. The quantitative estimate of drug-likeness (QED) is 0.724. The van der Waals surface area contributed by atoms with Crippen molar-refractivity contribution in [2.75, 3.05) is 0 Å². The summed E-state index contributed by atoms with van der Waals surface area (Å²) in [6.07, 6.45) is 2.06. The molecular weight excluding hydrogens is 222 g/mol. The first kappa shape index (κ1) is 14.2. The molecule has 0 saturated carbocycles. The van der Waals surface area contributed by atoms with Crippen LogP contribution in [-0.2, 0) is 6.54 Å². The second-order valence-electron chi connectivity index (χ2n) is 4.51. The standard InChI is InChI=1S/C16H21NO/c1-6-13(4)17(12(2)3)11-15-8-7-9-16(10-15)14(5)18/h6-10H,2,11H2,1,3-5H3/b13-6-. The predicted octanol–water partition coefficient (Wildman–Crippen LogP) is 4.15. The maximum Gasteiger partial charge on any atom is 0.159 e. The molecule has 0 aromatic heterocycles. The molecule has 0 radical (unpaired) electrons. The number of nitrogens with zero attached hydrogens (tertiary/aromatic N) is 1. The zero-order valence-corrected chi connectivity index (χ0v) is 11.7. The van der Waals surface area contributed by atoms with E-state index in [-0.39, 0.29) is 5.78 Å². The van der Waals surface area contributed by atoms with Crippen LogP contribution < -0.4 is 0 Å². The summed E-state index contributed by atoms with van der Waals surface area (Å²) < 4.78 is 0. The van der Waals surface area contributed by atoms with Crippen LogP contribution in [-0.4, -0.2) is 10.7 Å². The van der Waals surface area contributed by atoms with Crippen LogP contribution in [0, 0.1) is 0 Å². The number of hydrogen-bond donors (Lipinski definition) is 0. The minimum absolute atomic E-state index is 0.0986. The summed E-state index contributed by atoms with van der Waals surface area (Å²) in [5.41, 5.74) is 4.04. The maximum absolute atomic E-state index is 11.4. The molecule has 0 unspecified atom stereocenters. The van der Waals surface area contributed by atoms with E-state index >= 15 is 0 Å². The maximum atomic E-state index is 11.4. The lowest BCUT2D eigenvalue weighted by Gasteiger charge is -2.25. The molecule has 2 heteroatoms. The van der Waals surface area contributed by atoms with Crippen molar-refractivity contribution in [1.82, 2.24) is 4.90 Å². The van der Waals surface area contributed by atoms with Crippen LogP contribution in [0.2, 0.25) is 0 Å². The van der Waals surface area contributed by atoms with Crippen molar-refractivity contribution < 1.29 is 4.79 Å². The van der Waals surface area contributed by atoms with Gasteiger partial charge >= 0.3 is 0 Å². The highest BCUT2D eigenvalue weighted by Gasteiger charge is 2.08. The Morgan fingerprint density at radius 2 is 2.00 bits per heavy atom. The van der Waals surface area contributed by atoms with Crippen LogP contribution in [0.25, 0.3) is 0 Å². The predicted molar refractivity (Wildman–Crippen MR) is 76.2 cm³/mol. The molecule has 0 spiro atoms. The lowest BCUT2D eigenvalue weighted by Crippen LogP contribution is -2.18. The van der Waals surface area contributed by atoms with Gasteiger partial charge in [-0.2, -0.15) is 0 Å². The molecule has 0 aliphatic rings. The fraction of sp³-hybridized carbons (Fsp3) is 0.312. The number of allylic oxidation sites excluding steroid dienone is 3. The van der Waals surface area contributed by atoms with Gasteiger partial charge < -0.3 is 4.90 Å². The van der Waals surface area contributed by atoms with Gasteiger partial charge in [-0.3, -0.25) is 4.79 Å². The normalized spacial score (nSPS) is 11.2. The SMILES string of the molecule is C=C(C)N(Cc1cccc(C(C)=O)c1)/C(C)=C\C. The van der Waals surface area contributed by atoms with Crippen molar-refractivity contribution >= 4 is 5.78 Å². The molecule has 0 atom stereocenters. The Kier molecular flexibility index (Phi) is 4.90. The van der Waals surface area contributed by atoms with Gasteiger partial charge in [0.05, 0.1) is 0 Å². The summed E-state index contributed by atoms with van der Waals surface area (Å²) >= 11 is 0. The van der Waals surface area contributed by atoms with Gasteiger partial charge in [-0.25, -0.2) is 0 Å². The number of ketones is 1.